The highest BCUT2D eigenvalue weighted by molar-refractivity contribution is 8.76. The Bertz CT molecular complexity index is 593. The van der Waals surface area contributed by atoms with E-state index in [-0.39, 0.29) is 6.10 Å². The fourth-order valence-electron chi connectivity index (χ4n) is 3.58. The minimum Gasteiger partial charge on any atom is -0.487 e. The van der Waals surface area contributed by atoms with Crippen LogP contribution in [0.15, 0.2) is 17.0 Å². The Balaban J connectivity index is 1.32. The molecule has 24 heavy (non-hydrogen) atoms. The number of hydroxylamine groups is 2. The van der Waals surface area contributed by atoms with Crippen molar-refractivity contribution in [2.75, 3.05) is 19.6 Å². The van der Waals surface area contributed by atoms with Crippen LogP contribution < -0.4 is 10.1 Å². The Kier molecular flexibility index (Phi) is 5.26. The van der Waals surface area contributed by atoms with E-state index >= 15 is 0 Å². The zero-order chi connectivity index (χ0) is 16.5. The summed E-state index contributed by atoms with van der Waals surface area (Å²) in [4.78, 5) is 1.37. The first-order chi connectivity index (χ1) is 11.7. The molecular formula is C17H24N2O3S2. The van der Waals surface area contributed by atoms with Gasteiger partial charge in [0.25, 0.3) is 0 Å². The van der Waals surface area contributed by atoms with Crippen LogP contribution in [0.3, 0.4) is 0 Å². The number of piperidine rings is 1. The molecule has 1 fully saturated rings. The second kappa shape index (κ2) is 7.43. The van der Waals surface area contributed by atoms with E-state index in [9.17, 15) is 10.3 Å². The first-order valence-corrected chi connectivity index (χ1v) is 11.0. The molecule has 1 aromatic rings. The molecule has 0 amide bonds. The van der Waals surface area contributed by atoms with Crippen LogP contribution >= 0.6 is 21.6 Å². The molecule has 3 heterocycles. The van der Waals surface area contributed by atoms with Crippen LogP contribution in [0.4, 0.5) is 0 Å². The molecule has 7 heteroatoms. The van der Waals surface area contributed by atoms with E-state index in [4.69, 9.17) is 4.74 Å². The summed E-state index contributed by atoms with van der Waals surface area (Å²) in [7, 11) is 3.73. The van der Waals surface area contributed by atoms with Crippen LogP contribution in [0.2, 0.25) is 0 Å². The van der Waals surface area contributed by atoms with Crippen molar-refractivity contribution in [3.63, 3.8) is 0 Å². The van der Waals surface area contributed by atoms with Gasteiger partial charge in [0.15, 0.2) is 0 Å². The quantitative estimate of drug-likeness (QED) is 0.706. The third-order valence-electron chi connectivity index (χ3n) is 5.10. The van der Waals surface area contributed by atoms with Gasteiger partial charge in [0.05, 0.1) is 0 Å². The molecular weight excluding hydrogens is 344 g/mol. The molecule has 3 aliphatic heterocycles. The molecule has 0 spiro atoms. The van der Waals surface area contributed by atoms with Gasteiger partial charge in [-0.25, -0.2) is 0 Å². The van der Waals surface area contributed by atoms with Crippen LogP contribution in [0, 0.1) is 0 Å². The third kappa shape index (κ3) is 3.71. The molecule has 2 atom stereocenters. The van der Waals surface area contributed by atoms with Gasteiger partial charge < -0.3 is 20.4 Å². The number of hydrogen-bond donors (Lipinski definition) is 3. The van der Waals surface area contributed by atoms with Gasteiger partial charge in [0.1, 0.15) is 18.0 Å². The zero-order valence-corrected chi connectivity index (χ0v) is 15.2. The monoisotopic (exact) mass is 368 g/mol. The number of ether oxygens (including phenoxy) is 1. The lowest BCUT2D eigenvalue weighted by atomic mass is 9.97. The number of aliphatic hydroxyl groups excluding tert-OH is 1. The van der Waals surface area contributed by atoms with E-state index < -0.39 is 6.10 Å². The molecule has 2 unspecified atom stereocenters. The smallest absolute Gasteiger partial charge is 0.126 e. The first kappa shape index (κ1) is 17.0. The summed E-state index contributed by atoms with van der Waals surface area (Å²) in [6.45, 7) is 1.94. The van der Waals surface area contributed by atoms with Crippen molar-refractivity contribution >= 4 is 21.6 Å². The molecule has 0 radical (unpaired) electrons. The fraction of sp³-hybridized carbons (Fsp3) is 0.647. The molecule has 0 aromatic heterocycles. The molecule has 1 aromatic carbocycles. The first-order valence-electron chi connectivity index (χ1n) is 8.66. The number of hydrogen-bond acceptors (Lipinski definition) is 7. The van der Waals surface area contributed by atoms with Crippen LogP contribution in [-0.2, 0) is 12.2 Å². The number of rotatable bonds is 4. The largest absolute Gasteiger partial charge is 0.487 e. The average Bonchev–Trinajstić information content (AvgIpc) is 3.05. The summed E-state index contributed by atoms with van der Waals surface area (Å²) < 4.78 is 6.12. The van der Waals surface area contributed by atoms with Gasteiger partial charge in [-0.05, 0) is 48.9 Å². The average molecular weight is 369 g/mol. The number of aliphatic hydroxyl groups is 1. The predicted molar refractivity (Wildman–Crippen MR) is 96.7 cm³/mol. The van der Waals surface area contributed by atoms with Crippen molar-refractivity contribution < 1.29 is 15.1 Å². The van der Waals surface area contributed by atoms with Crippen molar-refractivity contribution in [1.82, 2.24) is 10.4 Å². The molecule has 1 saturated heterocycles. The van der Waals surface area contributed by atoms with Gasteiger partial charge in [0.2, 0.25) is 0 Å². The van der Waals surface area contributed by atoms with E-state index in [1.807, 2.05) is 21.6 Å². The van der Waals surface area contributed by atoms with E-state index in [2.05, 4.69) is 17.4 Å². The highest BCUT2D eigenvalue weighted by Crippen LogP contribution is 2.47. The van der Waals surface area contributed by atoms with E-state index in [0.29, 0.717) is 25.7 Å². The fourth-order valence-corrected chi connectivity index (χ4v) is 6.05. The highest BCUT2D eigenvalue weighted by Gasteiger charge is 2.29. The number of nitrogens with one attached hydrogen (secondary N) is 1. The molecule has 0 aliphatic carbocycles. The Morgan fingerprint density at radius 2 is 2.08 bits per heavy atom. The summed E-state index contributed by atoms with van der Waals surface area (Å²) in [6, 6.07) is 4.80. The van der Waals surface area contributed by atoms with Crippen molar-refractivity contribution in [3.8, 4) is 5.75 Å². The van der Waals surface area contributed by atoms with E-state index in [0.717, 1.165) is 37.2 Å². The Hall–Kier alpha value is -0.440. The molecule has 0 saturated carbocycles. The summed E-state index contributed by atoms with van der Waals surface area (Å²) in [5.41, 5.74) is 2.63. The normalized spacial score (nSPS) is 25.8. The standard InChI is InChI=1S/C17H24N2O3S2/c20-14(9-18-13-3-5-19(21)6-4-13)15-2-1-11-8-17-12(10-23-24-17)7-16(11)22-15/h7-8,13-15,18,20-21H,1-6,9-10H2. The number of fused-ring (bicyclic) bond motifs is 2. The maximum absolute atomic E-state index is 10.5. The van der Waals surface area contributed by atoms with Crippen molar-refractivity contribution in [2.45, 2.75) is 54.6 Å². The second-order valence-electron chi connectivity index (χ2n) is 6.81. The van der Waals surface area contributed by atoms with Gasteiger partial charge in [-0.3, -0.25) is 0 Å². The van der Waals surface area contributed by atoms with E-state index in [1.165, 1.54) is 21.1 Å². The molecule has 0 bridgehead atoms. The number of benzene rings is 1. The van der Waals surface area contributed by atoms with Crippen LogP contribution in [0.5, 0.6) is 5.75 Å². The van der Waals surface area contributed by atoms with Gasteiger partial charge >= 0.3 is 0 Å². The maximum Gasteiger partial charge on any atom is 0.126 e. The maximum atomic E-state index is 10.5. The number of aryl methyl sites for hydroxylation is 1. The topological polar surface area (TPSA) is 65.0 Å². The molecule has 3 N–H and O–H groups in total. The number of nitrogens with zero attached hydrogens (tertiary/aromatic N) is 1. The Morgan fingerprint density at radius 1 is 1.25 bits per heavy atom. The van der Waals surface area contributed by atoms with Crippen molar-refractivity contribution in [3.05, 3.63) is 23.3 Å². The van der Waals surface area contributed by atoms with Gasteiger partial charge in [0, 0.05) is 36.3 Å². The van der Waals surface area contributed by atoms with Gasteiger partial charge in [-0.2, -0.15) is 5.06 Å². The van der Waals surface area contributed by atoms with Gasteiger partial charge in [-0.1, -0.05) is 21.6 Å². The summed E-state index contributed by atoms with van der Waals surface area (Å²) in [5.74, 6) is 2.00. The lowest BCUT2D eigenvalue weighted by Crippen LogP contribution is -2.47. The third-order valence-corrected chi connectivity index (χ3v) is 7.45. The SMILES string of the molecule is OC(CNC1CCN(O)CC1)C1CCc2cc3c(cc2O1)CSS3. The lowest BCUT2D eigenvalue weighted by Gasteiger charge is -2.32. The lowest BCUT2D eigenvalue weighted by molar-refractivity contribution is -0.108. The minimum absolute atomic E-state index is 0.136. The molecule has 4 rings (SSSR count). The summed E-state index contributed by atoms with van der Waals surface area (Å²) in [6.07, 6.45) is 3.03. The van der Waals surface area contributed by atoms with Crippen molar-refractivity contribution in [1.29, 1.82) is 0 Å². The Labute approximate surface area is 150 Å². The highest BCUT2D eigenvalue weighted by atomic mass is 33.1. The minimum atomic E-state index is -0.498. The second-order valence-corrected chi connectivity index (χ2v) is 9.15. The van der Waals surface area contributed by atoms with Crippen LogP contribution in [-0.4, -0.2) is 53.3 Å². The summed E-state index contributed by atoms with van der Waals surface area (Å²) >= 11 is 0. The Morgan fingerprint density at radius 3 is 2.92 bits per heavy atom. The van der Waals surface area contributed by atoms with Crippen LogP contribution in [0.1, 0.15) is 30.4 Å². The predicted octanol–water partition coefficient (Wildman–Crippen LogP) is 2.44. The van der Waals surface area contributed by atoms with Gasteiger partial charge in [-0.15, -0.1) is 0 Å². The molecule has 132 valence electrons. The van der Waals surface area contributed by atoms with E-state index in [1.54, 1.807) is 0 Å². The zero-order valence-electron chi connectivity index (χ0n) is 13.6. The molecule has 5 nitrogen and oxygen atoms in total. The summed E-state index contributed by atoms with van der Waals surface area (Å²) in [5, 5.41) is 24.7. The van der Waals surface area contributed by atoms with Crippen LogP contribution in [0.25, 0.3) is 0 Å². The van der Waals surface area contributed by atoms with Crippen molar-refractivity contribution in [2.24, 2.45) is 0 Å². The molecule has 3 aliphatic rings.